The van der Waals surface area contributed by atoms with E-state index in [1.54, 1.807) is 0 Å². The Bertz CT molecular complexity index is 409. The van der Waals surface area contributed by atoms with Crippen LogP contribution in [-0.2, 0) is 4.79 Å². The first-order chi connectivity index (χ1) is 9.03. The van der Waals surface area contributed by atoms with Gasteiger partial charge in [0.2, 0.25) is 5.91 Å². The van der Waals surface area contributed by atoms with E-state index in [4.69, 9.17) is 0 Å². The molecule has 0 bridgehead atoms. The van der Waals surface area contributed by atoms with E-state index < -0.39 is 0 Å². The molecule has 1 aliphatic carbocycles. The van der Waals surface area contributed by atoms with Crippen molar-refractivity contribution in [2.75, 3.05) is 0 Å². The third-order valence-electron chi connectivity index (χ3n) is 3.94. The van der Waals surface area contributed by atoms with Crippen molar-refractivity contribution < 1.29 is 4.79 Å². The van der Waals surface area contributed by atoms with Crippen molar-refractivity contribution in [3.8, 4) is 0 Å². The topological polar surface area (TPSA) is 83.6 Å². The summed E-state index contributed by atoms with van der Waals surface area (Å²) in [7, 11) is 0. The van der Waals surface area contributed by atoms with Crippen molar-refractivity contribution in [1.82, 2.24) is 25.9 Å². The van der Waals surface area contributed by atoms with Gasteiger partial charge in [0.25, 0.3) is 0 Å². The monoisotopic (exact) mass is 265 g/mol. The SMILES string of the molecule is CC(C)CC1(C(=O)NC(C)c2nn[nH]n2)CCCC1. The molecule has 6 heteroatoms. The molecule has 1 atom stereocenters. The number of carbonyl (C=O) groups is 1. The molecule has 2 rings (SSSR count). The molecule has 0 aromatic carbocycles. The number of H-pyrrole nitrogens is 1. The molecule has 0 aliphatic heterocycles. The van der Waals surface area contributed by atoms with Crippen LogP contribution in [-0.4, -0.2) is 26.5 Å². The van der Waals surface area contributed by atoms with E-state index in [0.717, 1.165) is 32.1 Å². The van der Waals surface area contributed by atoms with Gasteiger partial charge < -0.3 is 5.32 Å². The third-order valence-corrected chi connectivity index (χ3v) is 3.94. The summed E-state index contributed by atoms with van der Waals surface area (Å²) in [5, 5.41) is 16.8. The summed E-state index contributed by atoms with van der Waals surface area (Å²) in [6, 6.07) is -0.198. The number of nitrogens with zero attached hydrogens (tertiary/aromatic N) is 3. The van der Waals surface area contributed by atoms with Crippen LogP contribution < -0.4 is 5.32 Å². The molecule has 1 fully saturated rings. The molecule has 1 heterocycles. The minimum absolute atomic E-state index is 0.149. The highest BCUT2D eigenvalue weighted by Gasteiger charge is 2.41. The van der Waals surface area contributed by atoms with Crippen molar-refractivity contribution >= 4 is 5.91 Å². The van der Waals surface area contributed by atoms with Gasteiger partial charge in [-0.25, -0.2) is 0 Å². The van der Waals surface area contributed by atoms with Crippen LogP contribution in [0.5, 0.6) is 0 Å². The van der Waals surface area contributed by atoms with Gasteiger partial charge in [-0.15, -0.1) is 10.2 Å². The Balaban J connectivity index is 2.04. The van der Waals surface area contributed by atoms with Crippen LogP contribution >= 0.6 is 0 Å². The second-order valence-corrected chi connectivity index (χ2v) is 6.05. The number of hydrogen-bond acceptors (Lipinski definition) is 4. The molecule has 1 unspecified atom stereocenters. The van der Waals surface area contributed by atoms with Crippen LogP contribution in [0.25, 0.3) is 0 Å². The first kappa shape index (κ1) is 14.0. The standard InChI is InChI=1S/C13H23N5O/c1-9(2)8-13(6-4-5-7-13)12(19)14-10(3)11-15-17-18-16-11/h9-10H,4-8H2,1-3H3,(H,14,19)(H,15,16,17,18). The first-order valence-corrected chi connectivity index (χ1v) is 7.08. The van der Waals surface area contributed by atoms with Crippen LogP contribution in [0.3, 0.4) is 0 Å². The van der Waals surface area contributed by atoms with Crippen LogP contribution in [0.1, 0.15) is 64.7 Å². The zero-order valence-corrected chi connectivity index (χ0v) is 11.9. The number of carbonyl (C=O) groups excluding carboxylic acids is 1. The minimum Gasteiger partial charge on any atom is -0.346 e. The van der Waals surface area contributed by atoms with Gasteiger partial charge in [-0.1, -0.05) is 31.9 Å². The molecule has 1 saturated carbocycles. The number of tetrazole rings is 1. The van der Waals surface area contributed by atoms with Crippen molar-refractivity contribution in [2.24, 2.45) is 11.3 Å². The molecule has 6 nitrogen and oxygen atoms in total. The quantitative estimate of drug-likeness (QED) is 0.852. The Morgan fingerprint density at radius 2 is 2.05 bits per heavy atom. The maximum atomic E-state index is 12.6. The first-order valence-electron chi connectivity index (χ1n) is 7.08. The normalized spacial score (nSPS) is 19.6. The molecule has 1 aliphatic rings. The van der Waals surface area contributed by atoms with Crippen LogP contribution in [0.2, 0.25) is 0 Å². The molecule has 19 heavy (non-hydrogen) atoms. The average Bonchev–Trinajstić information content (AvgIpc) is 2.98. The van der Waals surface area contributed by atoms with E-state index in [-0.39, 0.29) is 17.4 Å². The van der Waals surface area contributed by atoms with Crippen LogP contribution in [0.15, 0.2) is 0 Å². The lowest BCUT2D eigenvalue weighted by atomic mass is 9.77. The Kier molecular flexibility index (Phi) is 4.17. The van der Waals surface area contributed by atoms with Crippen LogP contribution in [0.4, 0.5) is 0 Å². The van der Waals surface area contributed by atoms with Crippen LogP contribution in [0, 0.1) is 11.3 Å². The molecule has 106 valence electrons. The van der Waals surface area contributed by atoms with Gasteiger partial charge in [-0.2, -0.15) is 5.21 Å². The van der Waals surface area contributed by atoms with Crippen molar-refractivity contribution in [1.29, 1.82) is 0 Å². The number of aromatic amines is 1. The largest absolute Gasteiger partial charge is 0.346 e. The molecule has 1 aromatic heterocycles. The maximum absolute atomic E-state index is 12.6. The van der Waals surface area contributed by atoms with Gasteiger partial charge in [0, 0.05) is 5.41 Å². The Morgan fingerprint density at radius 3 is 2.58 bits per heavy atom. The Hall–Kier alpha value is -1.46. The van der Waals surface area contributed by atoms with E-state index in [0.29, 0.717) is 11.7 Å². The van der Waals surface area contributed by atoms with Gasteiger partial charge in [-0.05, 0) is 32.1 Å². The molecule has 0 saturated heterocycles. The van der Waals surface area contributed by atoms with Gasteiger partial charge in [-0.3, -0.25) is 4.79 Å². The zero-order chi connectivity index (χ0) is 13.9. The fourth-order valence-electron chi connectivity index (χ4n) is 3.12. The predicted molar refractivity (Wildman–Crippen MR) is 71.1 cm³/mol. The van der Waals surface area contributed by atoms with Gasteiger partial charge in [0.1, 0.15) is 0 Å². The van der Waals surface area contributed by atoms with Crippen molar-refractivity contribution in [3.63, 3.8) is 0 Å². The summed E-state index contributed by atoms with van der Waals surface area (Å²) in [5.74, 6) is 1.21. The van der Waals surface area contributed by atoms with E-state index in [1.807, 2.05) is 6.92 Å². The minimum atomic E-state index is -0.198. The third kappa shape index (κ3) is 3.11. The molecule has 1 amide bonds. The van der Waals surface area contributed by atoms with Gasteiger partial charge in [0.05, 0.1) is 6.04 Å². The summed E-state index contributed by atoms with van der Waals surface area (Å²) in [6.45, 7) is 6.24. The summed E-state index contributed by atoms with van der Waals surface area (Å²) >= 11 is 0. The number of hydrogen-bond donors (Lipinski definition) is 2. The van der Waals surface area contributed by atoms with Gasteiger partial charge in [0.15, 0.2) is 5.82 Å². The fraction of sp³-hybridized carbons (Fsp3) is 0.846. The molecule has 0 radical (unpaired) electrons. The lowest BCUT2D eigenvalue weighted by molar-refractivity contribution is -0.132. The lowest BCUT2D eigenvalue weighted by Crippen LogP contribution is -2.41. The smallest absolute Gasteiger partial charge is 0.226 e. The summed E-state index contributed by atoms with van der Waals surface area (Å²) in [4.78, 5) is 12.6. The van der Waals surface area contributed by atoms with E-state index in [2.05, 4.69) is 39.8 Å². The highest BCUT2D eigenvalue weighted by molar-refractivity contribution is 5.83. The maximum Gasteiger partial charge on any atom is 0.226 e. The molecular weight excluding hydrogens is 242 g/mol. The Morgan fingerprint density at radius 1 is 1.37 bits per heavy atom. The fourth-order valence-corrected chi connectivity index (χ4v) is 3.12. The molecule has 0 spiro atoms. The van der Waals surface area contributed by atoms with Gasteiger partial charge >= 0.3 is 0 Å². The number of rotatable bonds is 5. The van der Waals surface area contributed by atoms with E-state index in [1.165, 1.54) is 0 Å². The second-order valence-electron chi connectivity index (χ2n) is 6.05. The lowest BCUT2D eigenvalue weighted by Gasteiger charge is -2.30. The number of aromatic nitrogens is 4. The molecule has 2 N–H and O–H groups in total. The van der Waals surface area contributed by atoms with E-state index >= 15 is 0 Å². The summed E-state index contributed by atoms with van der Waals surface area (Å²) < 4.78 is 0. The van der Waals surface area contributed by atoms with E-state index in [9.17, 15) is 4.79 Å². The molecular formula is C13H23N5O. The van der Waals surface area contributed by atoms with Crippen molar-refractivity contribution in [3.05, 3.63) is 5.82 Å². The zero-order valence-electron chi connectivity index (χ0n) is 11.9. The Labute approximate surface area is 113 Å². The molecule has 1 aromatic rings. The highest BCUT2D eigenvalue weighted by atomic mass is 16.2. The number of nitrogens with one attached hydrogen (secondary N) is 2. The highest BCUT2D eigenvalue weighted by Crippen LogP contribution is 2.43. The number of amides is 1. The van der Waals surface area contributed by atoms with Crippen molar-refractivity contribution in [2.45, 2.75) is 58.9 Å². The predicted octanol–water partition coefficient (Wildman–Crippen LogP) is 1.98. The summed E-state index contributed by atoms with van der Waals surface area (Å²) in [5.41, 5.74) is -0.188. The summed E-state index contributed by atoms with van der Waals surface area (Å²) in [6.07, 6.45) is 5.25. The second kappa shape index (κ2) is 5.67. The average molecular weight is 265 g/mol.